The van der Waals surface area contributed by atoms with Crippen LogP contribution in [0.3, 0.4) is 0 Å². The minimum atomic E-state index is -4.69. The molecule has 0 radical (unpaired) electrons. The number of hydrogen-bond acceptors (Lipinski definition) is 6. The predicted molar refractivity (Wildman–Crippen MR) is 101 cm³/mol. The van der Waals surface area contributed by atoms with Gasteiger partial charge in [0.15, 0.2) is 5.82 Å². The van der Waals surface area contributed by atoms with Gasteiger partial charge in [0, 0.05) is 23.0 Å². The largest absolute Gasteiger partial charge is 0.465 e. The summed E-state index contributed by atoms with van der Waals surface area (Å²) in [5.74, 6) is -1.11. The van der Waals surface area contributed by atoms with Gasteiger partial charge >= 0.3 is 12.3 Å². The van der Waals surface area contributed by atoms with Crippen molar-refractivity contribution in [2.24, 2.45) is 0 Å². The second-order valence-electron chi connectivity index (χ2n) is 6.11. The molecule has 0 aliphatic rings. The molecule has 0 aliphatic heterocycles. The molecule has 2 heterocycles. The van der Waals surface area contributed by atoms with E-state index in [0.29, 0.717) is 12.1 Å². The SMILES string of the molecule is CC(NC(=O)c1cc(Cl)cc(C(F)(F)F)c1)c1nc(NC(=O)O)nn1-c1ncccn1. The maximum absolute atomic E-state index is 13.0. The van der Waals surface area contributed by atoms with Gasteiger partial charge in [0.2, 0.25) is 0 Å². The Morgan fingerprint density at radius 3 is 2.48 bits per heavy atom. The fourth-order valence-electron chi connectivity index (χ4n) is 2.53. The highest BCUT2D eigenvalue weighted by molar-refractivity contribution is 6.31. The second kappa shape index (κ2) is 8.55. The van der Waals surface area contributed by atoms with Gasteiger partial charge in [-0.05, 0) is 31.2 Å². The molecule has 0 saturated heterocycles. The number of amides is 2. The third kappa shape index (κ3) is 5.25. The van der Waals surface area contributed by atoms with E-state index in [1.807, 2.05) is 5.32 Å². The molecule has 2 amide bonds. The number of alkyl halides is 3. The predicted octanol–water partition coefficient (Wildman–Crippen LogP) is 3.31. The van der Waals surface area contributed by atoms with E-state index < -0.39 is 29.8 Å². The molecule has 0 spiro atoms. The van der Waals surface area contributed by atoms with E-state index in [1.165, 1.54) is 19.3 Å². The Morgan fingerprint density at radius 2 is 1.87 bits per heavy atom. The summed E-state index contributed by atoms with van der Waals surface area (Å²) in [7, 11) is 0. The van der Waals surface area contributed by atoms with E-state index in [-0.39, 0.29) is 28.3 Å². The fourth-order valence-corrected chi connectivity index (χ4v) is 2.76. The van der Waals surface area contributed by atoms with Crippen LogP contribution in [-0.4, -0.2) is 41.8 Å². The molecule has 3 rings (SSSR count). The number of carboxylic acid groups (broad SMARTS) is 1. The van der Waals surface area contributed by atoms with Crippen LogP contribution in [0.4, 0.5) is 23.9 Å². The summed E-state index contributed by atoms with van der Waals surface area (Å²) in [6, 6.07) is 3.06. The molecular formula is C17H13ClF3N7O3. The minimum absolute atomic E-state index is 0.0290. The zero-order valence-corrected chi connectivity index (χ0v) is 16.3. The Kier molecular flexibility index (Phi) is 6.06. The van der Waals surface area contributed by atoms with Crippen molar-refractivity contribution in [2.75, 3.05) is 5.32 Å². The zero-order chi connectivity index (χ0) is 22.8. The number of carbonyl (C=O) groups is 2. The van der Waals surface area contributed by atoms with Crippen LogP contribution in [0, 0.1) is 0 Å². The molecule has 1 atom stereocenters. The molecule has 162 valence electrons. The van der Waals surface area contributed by atoms with Crippen molar-refractivity contribution in [1.82, 2.24) is 30.0 Å². The third-order valence-electron chi connectivity index (χ3n) is 3.81. The Labute approximate surface area is 177 Å². The van der Waals surface area contributed by atoms with Gasteiger partial charge in [0.25, 0.3) is 17.8 Å². The Bertz CT molecular complexity index is 1120. The third-order valence-corrected chi connectivity index (χ3v) is 4.03. The van der Waals surface area contributed by atoms with Crippen LogP contribution in [0.1, 0.15) is 34.7 Å². The van der Waals surface area contributed by atoms with Crippen LogP contribution < -0.4 is 10.6 Å². The molecule has 3 aromatic rings. The molecule has 14 heteroatoms. The quantitative estimate of drug-likeness (QED) is 0.537. The number of hydrogen-bond donors (Lipinski definition) is 3. The summed E-state index contributed by atoms with van der Waals surface area (Å²) in [5.41, 5.74) is -1.40. The van der Waals surface area contributed by atoms with E-state index in [1.54, 1.807) is 6.07 Å². The molecule has 10 nitrogen and oxygen atoms in total. The minimum Gasteiger partial charge on any atom is -0.465 e. The first kappa shape index (κ1) is 22.0. The first-order chi connectivity index (χ1) is 14.5. The number of aromatic nitrogens is 5. The second-order valence-corrected chi connectivity index (χ2v) is 6.54. The van der Waals surface area contributed by atoms with Gasteiger partial charge in [0.05, 0.1) is 11.6 Å². The van der Waals surface area contributed by atoms with Crippen molar-refractivity contribution < 1.29 is 27.9 Å². The van der Waals surface area contributed by atoms with E-state index in [0.717, 1.165) is 10.7 Å². The summed E-state index contributed by atoms with van der Waals surface area (Å²) >= 11 is 5.72. The number of benzene rings is 1. The van der Waals surface area contributed by atoms with Crippen molar-refractivity contribution in [3.63, 3.8) is 0 Å². The monoisotopic (exact) mass is 455 g/mol. The van der Waals surface area contributed by atoms with Gasteiger partial charge in [-0.1, -0.05) is 11.6 Å². The Hall–Kier alpha value is -3.74. The highest BCUT2D eigenvalue weighted by atomic mass is 35.5. The van der Waals surface area contributed by atoms with Gasteiger partial charge in [-0.25, -0.2) is 14.8 Å². The molecule has 31 heavy (non-hydrogen) atoms. The molecule has 2 aromatic heterocycles. The molecule has 3 N–H and O–H groups in total. The van der Waals surface area contributed by atoms with Gasteiger partial charge in [0.1, 0.15) is 0 Å². The maximum atomic E-state index is 13.0. The van der Waals surface area contributed by atoms with Crippen LogP contribution in [0.15, 0.2) is 36.7 Å². The van der Waals surface area contributed by atoms with E-state index in [9.17, 15) is 22.8 Å². The van der Waals surface area contributed by atoms with Crippen molar-refractivity contribution in [3.05, 3.63) is 58.6 Å². The molecule has 0 bridgehead atoms. The van der Waals surface area contributed by atoms with Gasteiger partial charge in [-0.2, -0.15) is 22.8 Å². The van der Waals surface area contributed by atoms with Crippen LogP contribution in [-0.2, 0) is 6.18 Å². The van der Waals surface area contributed by atoms with Crippen LogP contribution >= 0.6 is 11.6 Å². The van der Waals surface area contributed by atoms with Crippen molar-refractivity contribution in [3.8, 4) is 5.95 Å². The van der Waals surface area contributed by atoms with Gasteiger partial charge in [-0.15, -0.1) is 5.10 Å². The van der Waals surface area contributed by atoms with Crippen LogP contribution in [0.5, 0.6) is 0 Å². The van der Waals surface area contributed by atoms with E-state index in [2.05, 4.69) is 25.4 Å². The zero-order valence-electron chi connectivity index (χ0n) is 15.6. The molecular weight excluding hydrogens is 443 g/mol. The molecule has 0 saturated carbocycles. The summed E-state index contributed by atoms with van der Waals surface area (Å²) in [4.78, 5) is 35.4. The highest BCUT2D eigenvalue weighted by Gasteiger charge is 2.32. The topological polar surface area (TPSA) is 135 Å². The first-order valence-electron chi connectivity index (χ1n) is 8.47. The van der Waals surface area contributed by atoms with Crippen molar-refractivity contribution in [2.45, 2.75) is 19.1 Å². The van der Waals surface area contributed by atoms with Crippen molar-refractivity contribution >= 4 is 29.5 Å². The lowest BCUT2D eigenvalue weighted by Gasteiger charge is -2.15. The van der Waals surface area contributed by atoms with Gasteiger partial charge < -0.3 is 10.4 Å². The van der Waals surface area contributed by atoms with Gasteiger partial charge in [-0.3, -0.25) is 10.1 Å². The summed E-state index contributed by atoms with van der Waals surface area (Å²) < 4.78 is 40.1. The van der Waals surface area contributed by atoms with Crippen LogP contribution in [0.25, 0.3) is 5.95 Å². The Morgan fingerprint density at radius 1 is 1.19 bits per heavy atom. The van der Waals surface area contributed by atoms with E-state index >= 15 is 0 Å². The number of nitrogens with zero attached hydrogens (tertiary/aromatic N) is 5. The summed E-state index contributed by atoms with van der Waals surface area (Å²) in [6.45, 7) is 1.47. The summed E-state index contributed by atoms with van der Waals surface area (Å²) in [6.07, 6.45) is -3.29. The lowest BCUT2D eigenvalue weighted by atomic mass is 10.1. The number of nitrogens with one attached hydrogen (secondary N) is 2. The molecule has 1 aromatic carbocycles. The maximum Gasteiger partial charge on any atom is 0.416 e. The number of rotatable bonds is 5. The first-order valence-corrected chi connectivity index (χ1v) is 8.85. The average molecular weight is 456 g/mol. The number of carbonyl (C=O) groups excluding carboxylic acids is 1. The lowest BCUT2D eigenvalue weighted by molar-refractivity contribution is -0.137. The number of anilines is 1. The Balaban J connectivity index is 1.92. The smallest absolute Gasteiger partial charge is 0.416 e. The normalized spacial score (nSPS) is 12.3. The van der Waals surface area contributed by atoms with Crippen LogP contribution in [0.2, 0.25) is 5.02 Å². The average Bonchev–Trinajstić information content (AvgIpc) is 3.10. The lowest BCUT2D eigenvalue weighted by Crippen LogP contribution is -2.29. The summed E-state index contributed by atoms with van der Waals surface area (Å²) in [5, 5.41) is 17.0. The molecule has 0 aliphatic carbocycles. The van der Waals surface area contributed by atoms with Crippen molar-refractivity contribution in [1.29, 1.82) is 0 Å². The number of halogens is 4. The van der Waals surface area contributed by atoms with E-state index in [4.69, 9.17) is 16.7 Å². The highest BCUT2D eigenvalue weighted by Crippen LogP contribution is 2.32. The fraction of sp³-hybridized carbons (Fsp3) is 0.176. The standard InChI is InChI=1S/C17H13ClF3N7O3/c1-8(24-13(29)9-5-10(17(19,20)21)7-11(18)6-9)12-25-14(26-16(30)31)27-28(12)15-22-3-2-4-23-15/h2-8H,1H3,(H,24,29)(H,26,27)(H,30,31). The molecule has 0 fully saturated rings. The molecule has 1 unspecified atom stereocenters.